The van der Waals surface area contributed by atoms with E-state index >= 15 is 0 Å². The van der Waals surface area contributed by atoms with Gasteiger partial charge in [0, 0.05) is 6.08 Å². The summed E-state index contributed by atoms with van der Waals surface area (Å²) in [4.78, 5) is 24.0. The Bertz CT molecular complexity index is 596. The number of Topliss-reactive ketones (excluding diaryl/α,β-unsaturated/α-hetero) is 1. The average molecular weight is 307 g/mol. The monoisotopic (exact) mass is 307 g/mol. The highest BCUT2D eigenvalue weighted by atomic mass is 16.3. The van der Waals surface area contributed by atoms with Crippen molar-refractivity contribution in [3.63, 3.8) is 0 Å². The topological polar surface area (TPSA) is 79.5 Å². The van der Waals surface area contributed by atoms with E-state index in [2.05, 4.69) is 0 Å². The lowest BCUT2D eigenvalue weighted by atomic mass is 10.1. The second-order valence-electron chi connectivity index (χ2n) is 6.07. The molecule has 0 aromatic carbocycles. The molecular weight excluding hydrogens is 282 g/mol. The Hall–Kier alpha value is -2.04. The van der Waals surface area contributed by atoms with Gasteiger partial charge >= 0.3 is 0 Å². The van der Waals surface area contributed by atoms with Crippen molar-refractivity contribution in [2.45, 2.75) is 47.5 Å². The van der Waals surface area contributed by atoms with Crippen LogP contribution in [0.4, 0.5) is 0 Å². The molecule has 0 saturated carbocycles. The van der Waals surface area contributed by atoms with Gasteiger partial charge in [-0.05, 0) is 25.2 Å². The third-order valence-corrected chi connectivity index (χ3v) is 3.60. The van der Waals surface area contributed by atoms with E-state index in [-0.39, 0.29) is 28.8 Å². The molecule has 2 N–H and O–H groups in total. The molecule has 1 aromatic rings. The lowest BCUT2D eigenvalue weighted by Gasteiger charge is -2.09. The van der Waals surface area contributed by atoms with Gasteiger partial charge in [0.1, 0.15) is 5.56 Å². The minimum absolute atomic E-state index is 0.158. The highest BCUT2D eigenvalue weighted by molar-refractivity contribution is 6.03. The molecule has 1 heterocycles. The molecular formula is C17H25NO4. The van der Waals surface area contributed by atoms with E-state index in [1.54, 1.807) is 6.08 Å². The highest BCUT2D eigenvalue weighted by Gasteiger charge is 2.27. The van der Waals surface area contributed by atoms with Gasteiger partial charge in [-0.1, -0.05) is 40.2 Å². The Kier molecular flexibility index (Phi) is 5.97. The minimum Gasteiger partial charge on any atom is -0.505 e. The van der Waals surface area contributed by atoms with Crippen LogP contribution in [0.1, 0.15) is 61.9 Å². The molecule has 5 nitrogen and oxygen atoms in total. The maximum Gasteiger partial charge on any atom is 0.257 e. The van der Waals surface area contributed by atoms with Gasteiger partial charge in [0.15, 0.2) is 11.5 Å². The quantitative estimate of drug-likeness (QED) is 0.622. The van der Waals surface area contributed by atoms with Gasteiger partial charge in [0.2, 0.25) is 5.88 Å². The number of aromatic nitrogens is 1. The molecule has 0 radical (unpaired) electrons. The molecule has 0 amide bonds. The molecule has 0 saturated heterocycles. The summed E-state index contributed by atoms with van der Waals surface area (Å²) in [6.45, 7) is 9.10. The molecule has 1 unspecified atom stereocenters. The van der Waals surface area contributed by atoms with Crippen LogP contribution in [0.5, 0.6) is 11.6 Å². The van der Waals surface area contributed by atoms with Crippen molar-refractivity contribution in [1.82, 2.24) is 4.57 Å². The second-order valence-corrected chi connectivity index (χ2v) is 6.07. The number of hydrogen-bond acceptors (Lipinski definition) is 4. The SMILES string of the molecule is CCC(C)C=CC(=O)n1c(O)c(C(C)=O)c(O)c1CC(C)C. The zero-order chi connectivity index (χ0) is 17.0. The fourth-order valence-corrected chi connectivity index (χ4v) is 2.19. The van der Waals surface area contributed by atoms with Crippen LogP contribution in [0.2, 0.25) is 0 Å². The number of nitrogens with zero attached hydrogens (tertiary/aromatic N) is 1. The van der Waals surface area contributed by atoms with Gasteiger partial charge in [-0.25, -0.2) is 4.57 Å². The van der Waals surface area contributed by atoms with Crippen LogP contribution in [0.25, 0.3) is 0 Å². The number of hydrogen-bond donors (Lipinski definition) is 2. The number of allylic oxidation sites excluding steroid dienone is 2. The van der Waals surface area contributed by atoms with Crippen LogP contribution < -0.4 is 0 Å². The largest absolute Gasteiger partial charge is 0.505 e. The number of rotatable bonds is 6. The van der Waals surface area contributed by atoms with E-state index in [0.717, 1.165) is 11.0 Å². The maximum absolute atomic E-state index is 12.4. The molecule has 0 fully saturated rings. The van der Waals surface area contributed by atoms with E-state index in [1.165, 1.54) is 13.0 Å². The Balaban J connectivity index is 3.38. The van der Waals surface area contributed by atoms with Crippen molar-refractivity contribution in [2.24, 2.45) is 11.8 Å². The molecule has 0 bridgehead atoms. The van der Waals surface area contributed by atoms with Crippen LogP contribution in [0.3, 0.4) is 0 Å². The smallest absolute Gasteiger partial charge is 0.257 e. The van der Waals surface area contributed by atoms with Crippen LogP contribution >= 0.6 is 0 Å². The minimum atomic E-state index is -0.487. The summed E-state index contributed by atoms with van der Waals surface area (Å²) in [6.07, 6.45) is 4.41. The van der Waals surface area contributed by atoms with Gasteiger partial charge in [-0.2, -0.15) is 0 Å². The van der Waals surface area contributed by atoms with Gasteiger partial charge in [-0.15, -0.1) is 0 Å². The number of carbonyl (C=O) groups excluding carboxylic acids is 2. The number of ketones is 1. The molecule has 1 rings (SSSR count). The predicted molar refractivity (Wildman–Crippen MR) is 85.5 cm³/mol. The summed E-state index contributed by atoms with van der Waals surface area (Å²) in [5.41, 5.74) is 0.0810. The molecule has 5 heteroatoms. The van der Waals surface area contributed by atoms with Crippen molar-refractivity contribution >= 4 is 11.7 Å². The van der Waals surface area contributed by atoms with Crippen molar-refractivity contribution in [2.75, 3.05) is 0 Å². The first kappa shape index (κ1) is 18.0. The molecule has 22 heavy (non-hydrogen) atoms. The first-order valence-electron chi connectivity index (χ1n) is 7.59. The zero-order valence-corrected chi connectivity index (χ0v) is 13.9. The first-order chi connectivity index (χ1) is 10.2. The van der Waals surface area contributed by atoms with E-state index in [9.17, 15) is 19.8 Å². The fourth-order valence-electron chi connectivity index (χ4n) is 2.19. The predicted octanol–water partition coefficient (Wildman–Crippen LogP) is 3.54. The summed E-state index contributed by atoms with van der Waals surface area (Å²) >= 11 is 0. The Morgan fingerprint density at radius 3 is 2.27 bits per heavy atom. The standard InChI is InChI=1S/C17H25NO4/c1-6-11(4)7-8-14(20)18-13(9-10(2)3)16(21)15(12(5)19)17(18)22/h7-8,10-11,21-22H,6,9H2,1-5H3. The summed E-state index contributed by atoms with van der Waals surface area (Å²) in [7, 11) is 0. The molecule has 122 valence electrons. The van der Waals surface area contributed by atoms with Crippen molar-refractivity contribution in [3.8, 4) is 11.6 Å². The van der Waals surface area contributed by atoms with E-state index < -0.39 is 17.6 Å². The molecule has 0 aliphatic carbocycles. The molecule has 0 spiro atoms. The van der Waals surface area contributed by atoms with E-state index in [4.69, 9.17) is 0 Å². The summed E-state index contributed by atoms with van der Waals surface area (Å²) < 4.78 is 1.03. The normalized spacial score (nSPS) is 13.0. The third kappa shape index (κ3) is 3.78. The Morgan fingerprint density at radius 2 is 1.82 bits per heavy atom. The maximum atomic E-state index is 12.4. The van der Waals surface area contributed by atoms with Crippen LogP contribution in [0, 0.1) is 11.8 Å². The summed E-state index contributed by atoms with van der Waals surface area (Å²) in [6, 6.07) is 0. The molecule has 1 aromatic heterocycles. The van der Waals surface area contributed by atoms with Crippen LogP contribution in [0.15, 0.2) is 12.2 Å². The summed E-state index contributed by atoms with van der Waals surface area (Å²) in [5, 5.41) is 20.4. The third-order valence-electron chi connectivity index (χ3n) is 3.60. The average Bonchev–Trinajstić information content (AvgIpc) is 2.66. The highest BCUT2D eigenvalue weighted by Crippen LogP contribution is 2.36. The first-order valence-corrected chi connectivity index (χ1v) is 7.59. The number of carbonyl (C=O) groups is 2. The number of aromatic hydroxyl groups is 2. The Labute approximate surface area is 131 Å². The molecule has 1 atom stereocenters. The van der Waals surface area contributed by atoms with Gasteiger partial charge < -0.3 is 10.2 Å². The molecule has 0 aliphatic heterocycles. The lowest BCUT2D eigenvalue weighted by molar-refractivity contribution is 0.0955. The molecule has 0 aliphatic rings. The van der Waals surface area contributed by atoms with Crippen LogP contribution in [-0.2, 0) is 6.42 Å². The van der Waals surface area contributed by atoms with Crippen molar-refractivity contribution < 1.29 is 19.8 Å². The van der Waals surface area contributed by atoms with Crippen molar-refractivity contribution in [3.05, 3.63) is 23.4 Å². The summed E-state index contributed by atoms with van der Waals surface area (Å²) in [5.74, 6) is -1.33. The second kappa shape index (κ2) is 7.29. The van der Waals surface area contributed by atoms with Crippen LogP contribution in [-0.4, -0.2) is 26.5 Å². The fraction of sp³-hybridized carbons (Fsp3) is 0.529. The van der Waals surface area contributed by atoms with Gasteiger partial charge in [-0.3, -0.25) is 9.59 Å². The van der Waals surface area contributed by atoms with Gasteiger partial charge in [0.25, 0.3) is 5.91 Å². The Morgan fingerprint density at radius 1 is 1.23 bits per heavy atom. The lowest BCUT2D eigenvalue weighted by Crippen LogP contribution is -2.13. The van der Waals surface area contributed by atoms with E-state index in [0.29, 0.717) is 6.42 Å². The van der Waals surface area contributed by atoms with E-state index in [1.807, 2.05) is 27.7 Å². The zero-order valence-electron chi connectivity index (χ0n) is 13.9. The van der Waals surface area contributed by atoms with Crippen molar-refractivity contribution in [1.29, 1.82) is 0 Å². The van der Waals surface area contributed by atoms with Gasteiger partial charge in [0.05, 0.1) is 5.69 Å².